The zero-order valence-corrected chi connectivity index (χ0v) is 17.4. The number of hydrogen-bond donors (Lipinski definition) is 0. The Hall–Kier alpha value is -3.20. The predicted molar refractivity (Wildman–Crippen MR) is 125 cm³/mol. The SMILES string of the molecule is Cc1ccc(C#N)cc1C[P+](c1ccccc1)(c1ccccc1)c1ccccc1. The summed E-state index contributed by atoms with van der Waals surface area (Å²) in [4.78, 5) is 0. The van der Waals surface area contributed by atoms with E-state index in [4.69, 9.17) is 0 Å². The summed E-state index contributed by atoms with van der Waals surface area (Å²) in [5.41, 5.74) is 3.20. The summed E-state index contributed by atoms with van der Waals surface area (Å²) in [5.74, 6) is 0. The number of hydrogen-bond acceptors (Lipinski definition) is 1. The molecule has 0 amide bonds. The molecule has 4 aromatic carbocycles. The van der Waals surface area contributed by atoms with Gasteiger partial charge in [-0.1, -0.05) is 60.7 Å². The van der Waals surface area contributed by atoms with Crippen molar-refractivity contribution in [3.8, 4) is 6.07 Å². The van der Waals surface area contributed by atoms with Gasteiger partial charge in [-0.25, -0.2) is 0 Å². The van der Waals surface area contributed by atoms with Crippen molar-refractivity contribution in [2.24, 2.45) is 0 Å². The number of benzene rings is 4. The fourth-order valence-electron chi connectivity index (χ4n) is 3.94. The van der Waals surface area contributed by atoms with Crippen molar-refractivity contribution >= 4 is 23.2 Å². The van der Waals surface area contributed by atoms with Crippen molar-refractivity contribution in [2.45, 2.75) is 13.1 Å². The van der Waals surface area contributed by atoms with E-state index in [2.05, 4.69) is 116 Å². The first-order valence-electron chi connectivity index (χ1n) is 9.78. The van der Waals surface area contributed by atoms with E-state index in [-0.39, 0.29) is 0 Å². The van der Waals surface area contributed by atoms with Gasteiger partial charge in [0.1, 0.15) is 23.2 Å². The molecular weight excluding hydrogens is 369 g/mol. The molecule has 0 radical (unpaired) electrons. The molecule has 0 spiro atoms. The average molecular weight is 392 g/mol. The van der Waals surface area contributed by atoms with Gasteiger partial charge in [0.2, 0.25) is 0 Å². The van der Waals surface area contributed by atoms with Crippen LogP contribution in [0.2, 0.25) is 0 Å². The third kappa shape index (κ3) is 3.73. The van der Waals surface area contributed by atoms with Gasteiger partial charge < -0.3 is 0 Å². The molecule has 0 heterocycles. The average Bonchev–Trinajstić information content (AvgIpc) is 2.80. The molecule has 2 heteroatoms. The molecule has 0 aliphatic rings. The van der Waals surface area contributed by atoms with Crippen LogP contribution in [0.1, 0.15) is 16.7 Å². The summed E-state index contributed by atoms with van der Waals surface area (Å²) in [6.07, 6.45) is 0.895. The molecule has 0 aromatic heterocycles. The van der Waals surface area contributed by atoms with E-state index < -0.39 is 7.26 Å². The molecule has 0 bridgehead atoms. The molecule has 0 atom stereocenters. The molecule has 0 saturated carbocycles. The first-order chi connectivity index (χ1) is 14.2. The van der Waals surface area contributed by atoms with Gasteiger partial charge in [-0.2, -0.15) is 5.26 Å². The van der Waals surface area contributed by atoms with Crippen molar-refractivity contribution in [2.75, 3.05) is 0 Å². The fourth-order valence-corrected chi connectivity index (χ4v) is 8.27. The highest BCUT2D eigenvalue weighted by Crippen LogP contribution is 2.58. The molecule has 0 N–H and O–H groups in total. The second-order valence-corrected chi connectivity index (χ2v) is 10.7. The zero-order chi connectivity index (χ0) is 20.1. The maximum Gasteiger partial charge on any atom is 0.116 e. The van der Waals surface area contributed by atoms with Gasteiger partial charge in [-0.15, -0.1) is 0 Å². The minimum absolute atomic E-state index is 0.720. The second-order valence-electron chi connectivity index (χ2n) is 7.23. The van der Waals surface area contributed by atoms with Crippen LogP contribution < -0.4 is 15.9 Å². The Bertz CT molecular complexity index is 1030. The van der Waals surface area contributed by atoms with Crippen LogP contribution in [0.4, 0.5) is 0 Å². The number of nitrogens with zero attached hydrogens (tertiary/aromatic N) is 1. The fraction of sp³-hybridized carbons (Fsp3) is 0.0741. The van der Waals surface area contributed by atoms with Crippen LogP contribution in [0.25, 0.3) is 0 Å². The highest BCUT2D eigenvalue weighted by atomic mass is 31.2. The normalized spacial score (nSPS) is 11.0. The molecule has 0 aliphatic heterocycles. The molecule has 1 nitrogen and oxygen atoms in total. The Balaban J connectivity index is 2.02. The second kappa shape index (κ2) is 8.44. The van der Waals surface area contributed by atoms with Gasteiger partial charge in [-0.3, -0.25) is 0 Å². The summed E-state index contributed by atoms with van der Waals surface area (Å²) in [6, 6.07) is 41.0. The Morgan fingerprint density at radius 2 is 1.10 bits per heavy atom. The van der Waals surface area contributed by atoms with Gasteiger partial charge >= 0.3 is 0 Å². The Morgan fingerprint density at radius 3 is 1.52 bits per heavy atom. The van der Waals surface area contributed by atoms with Gasteiger partial charge in [0.25, 0.3) is 0 Å². The quantitative estimate of drug-likeness (QED) is 0.420. The van der Waals surface area contributed by atoms with Crippen molar-refractivity contribution in [1.29, 1.82) is 5.26 Å². The van der Waals surface area contributed by atoms with Crippen molar-refractivity contribution in [3.63, 3.8) is 0 Å². The number of aryl methyl sites for hydroxylation is 1. The summed E-state index contributed by atoms with van der Waals surface area (Å²) in [7, 11) is -1.94. The molecule has 29 heavy (non-hydrogen) atoms. The van der Waals surface area contributed by atoms with E-state index in [9.17, 15) is 5.26 Å². The lowest BCUT2D eigenvalue weighted by Gasteiger charge is -2.28. The minimum Gasteiger partial charge on any atom is -0.192 e. The van der Waals surface area contributed by atoms with E-state index >= 15 is 0 Å². The van der Waals surface area contributed by atoms with Crippen LogP contribution in [0, 0.1) is 18.3 Å². The van der Waals surface area contributed by atoms with Crippen LogP contribution in [0.3, 0.4) is 0 Å². The number of nitriles is 1. The summed E-state index contributed by atoms with van der Waals surface area (Å²) >= 11 is 0. The van der Waals surface area contributed by atoms with E-state index in [1.165, 1.54) is 27.0 Å². The third-order valence-corrected chi connectivity index (χ3v) is 9.83. The van der Waals surface area contributed by atoms with Crippen molar-refractivity contribution in [3.05, 3.63) is 126 Å². The minimum atomic E-state index is -1.94. The third-order valence-electron chi connectivity index (χ3n) is 5.48. The first-order valence-corrected chi connectivity index (χ1v) is 11.8. The largest absolute Gasteiger partial charge is 0.192 e. The molecule has 4 aromatic rings. The summed E-state index contributed by atoms with van der Waals surface area (Å²) < 4.78 is 0. The number of rotatable bonds is 5. The lowest BCUT2D eigenvalue weighted by atomic mass is 10.1. The highest BCUT2D eigenvalue weighted by Gasteiger charge is 2.45. The molecular formula is C27H23NP+. The van der Waals surface area contributed by atoms with E-state index in [0.717, 1.165) is 11.7 Å². The molecule has 4 rings (SSSR count). The Labute approximate surface area is 173 Å². The monoisotopic (exact) mass is 392 g/mol. The van der Waals surface area contributed by atoms with Crippen LogP contribution in [0.5, 0.6) is 0 Å². The highest BCUT2D eigenvalue weighted by molar-refractivity contribution is 7.95. The maximum atomic E-state index is 9.46. The smallest absolute Gasteiger partial charge is 0.116 e. The van der Waals surface area contributed by atoms with E-state index in [1.54, 1.807) is 0 Å². The Kier molecular flexibility index (Phi) is 5.57. The molecule has 0 unspecified atom stereocenters. The van der Waals surface area contributed by atoms with E-state index in [1.807, 2.05) is 6.07 Å². The maximum absolute atomic E-state index is 9.46. The van der Waals surface area contributed by atoms with Crippen LogP contribution in [0.15, 0.2) is 109 Å². The summed E-state index contributed by atoms with van der Waals surface area (Å²) in [6.45, 7) is 2.14. The van der Waals surface area contributed by atoms with Crippen LogP contribution in [-0.4, -0.2) is 0 Å². The molecule has 0 aliphatic carbocycles. The van der Waals surface area contributed by atoms with Gasteiger partial charge in [0, 0.05) is 0 Å². The van der Waals surface area contributed by atoms with Gasteiger partial charge in [-0.05, 0) is 66.6 Å². The molecule has 0 saturated heterocycles. The Morgan fingerprint density at radius 1 is 0.655 bits per heavy atom. The van der Waals surface area contributed by atoms with Crippen LogP contribution >= 0.6 is 7.26 Å². The lowest BCUT2D eigenvalue weighted by Crippen LogP contribution is -2.32. The first kappa shape index (κ1) is 19.1. The van der Waals surface area contributed by atoms with Gasteiger partial charge in [0.15, 0.2) is 0 Å². The van der Waals surface area contributed by atoms with Crippen LogP contribution in [-0.2, 0) is 6.16 Å². The van der Waals surface area contributed by atoms with Crippen molar-refractivity contribution in [1.82, 2.24) is 0 Å². The molecule has 0 fully saturated rings. The molecule has 140 valence electrons. The topological polar surface area (TPSA) is 23.8 Å². The standard InChI is InChI=1S/C27H23NP/c1-22-17-18-23(20-28)19-24(22)21-29(25-11-5-2-6-12-25,26-13-7-3-8-14-26)27-15-9-4-10-16-27/h2-19H,21H2,1H3/q+1. The summed E-state index contributed by atoms with van der Waals surface area (Å²) in [5, 5.41) is 13.5. The van der Waals surface area contributed by atoms with E-state index in [0.29, 0.717) is 0 Å². The van der Waals surface area contributed by atoms with Gasteiger partial charge in [0.05, 0.1) is 17.8 Å². The predicted octanol–water partition coefficient (Wildman–Crippen LogP) is 5.36. The van der Waals surface area contributed by atoms with Crippen molar-refractivity contribution < 1.29 is 0 Å². The zero-order valence-electron chi connectivity index (χ0n) is 16.5. The lowest BCUT2D eigenvalue weighted by molar-refractivity contribution is 1.28.